The summed E-state index contributed by atoms with van der Waals surface area (Å²) in [6.45, 7) is 5.40. The summed E-state index contributed by atoms with van der Waals surface area (Å²) < 4.78 is 10.9. The largest absolute Gasteiger partial charge is 0.493 e. The van der Waals surface area contributed by atoms with Gasteiger partial charge < -0.3 is 19.7 Å². The third kappa shape index (κ3) is 5.50. The monoisotopic (exact) mass is 496 g/mol. The van der Waals surface area contributed by atoms with E-state index in [1.54, 1.807) is 14.2 Å². The number of methoxy groups -OCH3 is 2. The molecule has 0 unspecified atom stereocenters. The molecular formula is C21H29IN4O2. The van der Waals surface area contributed by atoms with Crippen LogP contribution in [0, 0.1) is 0 Å². The first-order valence-corrected chi connectivity index (χ1v) is 9.42. The predicted molar refractivity (Wildman–Crippen MR) is 123 cm³/mol. The number of nitrogens with zero attached hydrogens (tertiary/aromatic N) is 3. The van der Waals surface area contributed by atoms with Gasteiger partial charge in [-0.25, -0.2) is 0 Å². The second kappa shape index (κ2) is 11.1. The Morgan fingerprint density at radius 3 is 2.57 bits per heavy atom. The van der Waals surface area contributed by atoms with Crippen LogP contribution in [0.1, 0.15) is 23.7 Å². The summed E-state index contributed by atoms with van der Waals surface area (Å²) in [7, 11) is 3.35. The third-order valence-corrected chi connectivity index (χ3v) is 4.71. The SMILES string of the molecule is CCNC(=NCCc1ccccn1)N1CCc2cc(OC)c(OC)cc2C1.I. The summed E-state index contributed by atoms with van der Waals surface area (Å²) in [4.78, 5) is 11.5. The number of aliphatic imine (C=N–C) groups is 1. The Bertz CT molecular complexity index is 783. The van der Waals surface area contributed by atoms with E-state index < -0.39 is 0 Å². The summed E-state index contributed by atoms with van der Waals surface area (Å²) >= 11 is 0. The van der Waals surface area contributed by atoms with Crippen molar-refractivity contribution in [2.45, 2.75) is 26.3 Å². The van der Waals surface area contributed by atoms with Gasteiger partial charge in [0.05, 0.1) is 14.2 Å². The molecule has 0 saturated heterocycles. The van der Waals surface area contributed by atoms with Crippen LogP contribution in [0.25, 0.3) is 0 Å². The van der Waals surface area contributed by atoms with E-state index in [4.69, 9.17) is 14.5 Å². The second-order valence-electron chi connectivity index (χ2n) is 6.45. The van der Waals surface area contributed by atoms with E-state index in [-0.39, 0.29) is 24.0 Å². The summed E-state index contributed by atoms with van der Waals surface area (Å²) in [5.41, 5.74) is 3.64. The number of aromatic nitrogens is 1. The van der Waals surface area contributed by atoms with Crippen LogP contribution in [0.5, 0.6) is 11.5 Å². The molecule has 1 aromatic carbocycles. The lowest BCUT2D eigenvalue weighted by atomic mass is 9.99. The van der Waals surface area contributed by atoms with Crippen molar-refractivity contribution in [2.24, 2.45) is 4.99 Å². The standard InChI is InChI=1S/C21H28N4O2.HI/c1-4-22-21(24-11-8-18-7-5-6-10-23-18)25-12-9-16-13-19(26-2)20(27-3)14-17(16)15-25;/h5-7,10,13-14H,4,8-9,11-12,15H2,1-3H3,(H,22,24);1H. The average Bonchev–Trinajstić information content (AvgIpc) is 2.72. The van der Waals surface area contributed by atoms with E-state index in [1.165, 1.54) is 11.1 Å². The van der Waals surface area contributed by atoms with Crippen LogP contribution in [0.15, 0.2) is 41.5 Å². The fourth-order valence-electron chi connectivity index (χ4n) is 3.31. The number of guanidine groups is 1. The Hall–Kier alpha value is -2.03. The molecule has 28 heavy (non-hydrogen) atoms. The highest BCUT2D eigenvalue weighted by molar-refractivity contribution is 14.0. The summed E-state index contributed by atoms with van der Waals surface area (Å²) in [5, 5.41) is 3.42. The van der Waals surface area contributed by atoms with Crippen molar-refractivity contribution in [1.29, 1.82) is 0 Å². The van der Waals surface area contributed by atoms with Crippen molar-refractivity contribution in [3.8, 4) is 11.5 Å². The van der Waals surface area contributed by atoms with Crippen molar-refractivity contribution >= 4 is 29.9 Å². The quantitative estimate of drug-likeness (QED) is 0.378. The molecule has 0 radical (unpaired) electrons. The Morgan fingerprint density at radius 1 is 1.18 bits per heavy atom. The number of ether oxygens (including phenoxy) is 2. The zero-order valence-electron chi connectivity index (χ0n) is 16.8. The van der Waals surface area contributed by atoms with E-state index >= 15 is 0 Å². The minimum absolute atomic E-state index is 0. The lowest BCUT2D eigenvalue weighted by Gasteiger charge is -2.32. The molecule has 0 aliphatic carbocycles. The Kier molecular flexibility index (Phi) is 8.82. The molecule has 0 amide bonds. The van der Waals surface area contributed by atoms with Gasteiger partial charge >= 0.3 is 0 Å². The maximum atomic E-state index is 5.46. The molecule has 0 atom stereocenters. The number of rotatable bonds is 6. The minimum Gasteiger partial charge on any atom is -0.493 e. The topological polar surface area (TPSA) is 59.0 Å². The number of hydrogen-bond acceptors (Lipinski definition) is 4. The highest BCUT2D eigenvalue weighted by Crippen LogP contribution is 2.33. The van der Waals surface area contributed by atoms with Crippen LogP contribution in [0.4, 0.5) is 0 Å². The van der Waals surface area contributed by atoms with Crippen LogP contribution in [0.2, 0.25) is 0 Å². The van der Waals surface area contributed by atoms with Crippen LogP contribution in [-0.2, 0) is 19.4 Å². The molecule has 1 N–H and O–H groups in total. The second-order valence-corrected chi connectivity index (χ2v) is 6.45. The Morgan fingerprint density at radius 2 is 1.93 bits per heavy atom. The number of hydrogen-bond donors (Lipinski definition) is 1. The zero-order chi connectivity index (χ0) is 19.1. The summed E-state index contributed by atoms with van der Waals surface area (Å²) in [6.07, 6.45) is 3.62. The molecular weight excluding hydrogens is 467 g/mol. The first-order chi connectivity index (χ1) is 13.2. The van der Waals surface area contributed by atoms with Crippen LogP contribution < -0.4 is 14.8 Å². The summed E-state index contributed by atoms with van der Waals surface area (Å²) in [5.74, 6) is 2.52. The van der Waals surface area contributed by atoms with E-state index in [1.807, 2.05) is 24.4 Å². The highest BCUT2D eigenvalue weighted by Gasteiger charge is 2.21. The number of pyridine rings is 1. The lowest BCUT2D eigenvalue weighted by Crippen LogP contribution is -2.44. The zero-order valence-corrected chi connectivity index (χ0v) is 19.1. The average molecular weight is 496 g/mol. The van der Waals surface area contributed by atoms with Gasteiger partial charge in [0.25, 0.3) is 0 Å². The molecule has 7 heteroatoms. The normalized spacial score (nSPS) is 13.4. The lowest BCUT2D eigenvalue weighted by molar-refractivity contribution is 0.346. The van der Waals surface area contributed by atoms with Gasteiger partial charge in [-0.2, -0.15) is 0 Å². The van der Waals surface area contributed by atoms with Gasteiger partial charge in [0, 0.05) is 44.5 Å². The molecule has 1 aliphatic rings. The molecule has 1 aromatic heterocycles. The first-order valence-electron chi connectivity index (χ1n) is 9.42. The number of benzene rings is 1. The van der Waals surface area contributed by atoms with Gasteiger partial charge in [0.1, 0.15) is 0 Å². The first kappa shape index (κ1) is 22.3. The van der Waals surface area contributed by atoms with Gasteiger partial charge in [-0.3, -0.25) is 9.98 Å². The van der Waals surface area contributed by atoms with Gasteiger partial charge in [0.15, 0.2) is 17.5 Å². The molecule has 152 valence electrons. The highest BCUT2D eigenvalue weighted by atomic mass is 127. The van der Waals surface area contributed by atoms with Gasteiger partial charge in [-0.15, -0.1) is 24.0 Å². The molecule has 2 heterocycles. The van der Waals surface area contributed by atoms with Gasteiger partial charge in [-0.05, 0) is 48.7 Å². The smallest absolute Gasteiger partial charge is 0.194 e. The van der Waals surface area contributed by atoms with Crippen LogP contribution in [0.3, 0.4) is 0 Å². The van der Waals surface area contributed by atoms with Crippen molar-refractivity contribution < 1.29 is 9.47 Å². The molecule has 2 aromatic rings. The predicted octanol–water partition coefficient (Wildman–Crippen LogP) is 3.28. The maximum absolute atomic E-state index is 5.46. The Labute approximate surface area is 184 Å². The molecule has 0 saturated carbocycles. The Balaban J connectivity index is 0.00000280. The van der Waals surface area contributed by atoms with E-state index in [9.17, 15) is 0 Å². The fraction of sp³-hybridized carbons (Fsp3) is 0.429. The maximum Gasteiger partial charge on any atom is 0.194 e. The summed E-state index contributed by atoms with van der Waals surface area (Å²) in [6, 6.07) is 10.2. The molecule has 6 nitrogen and oxygen atoms in total. The van der Waals surface area contributed by atoms with E-state index in [0.29, 0.717) is 6.54 Å². The van der Waals surface area contributed by atoms with Crippen molar-refractivity contribution in [3.63, 3.8) is 0 Å². The fourth-order valence-corrected chi connectivity index (χ4v) is 3.31. The molecule has 0 bridgehead atoms. The van der Waals surface area contributed by atoms with E-state index in [0.717, 1.165) is 55.6 Å². The van der Waals surface area contributed by atoms with Crippen molar-refractivity contribution in [2.75, 3.05) is 33.9 Å². The van der Waals surface area contributed by atoms with Crippen LogP contribution >= 0.6 is 24.0 Å². The third-order valence-electron chi connectivity index (χ3n) is 4.71. The number of nitrogens with one attached hydrogen (secondary N) is 1. The molecule has 0 fully saturated rings. The molecule has 1 aliphatic heterocycles. The molecule has 3 rings (SSSR count). The van der Waals surface area contributed by atoms with Gasteiger partial charge in [0.2, 0.25) is 0 Å². The number of fused-ring (bicyclic) bond motifs is 1. The van der Waals surface area contributed by atoms with Crippen LogP contribution in [-0.4, -0.2) is 49.7 Å². The molecule has 0 spiro atoms. The number of halogens is 1. The van der Waals surface area contributed by atoms with Crippen molar-refractivity contribution in [1.82, 2.24) is 15.2 Å². The minimum atomic E-state index is 0. The van der Waals surface area contributed by atoms with Gasteiger partial charge in [-0.1, -0.05) is 6.07 Å². The van der Waals surface area contributed by atoms with Crippen molar-refractivity contribution in [3.05, 3.63) is 53.3 Å². The van der Waals surface area contributed by atoms with E-state index in [2.05, 4.69) is 34.3 Å².